The average molecular weight is 796 g/mol. The van der Waals surface area contributed by atoms with Gasteiger partial charge in [-0.1, -0.05) is 145 Å². The van der Waals surface area contributed by atoms with E-state index in [1.54, 1.807) is 0 Å². The third kappa shape index (κ3) is 7.15. The molecule has 0 fully saturated rings. The fourth-order valence-electron chi connectivity index (χ4n) is 8.93. The molecule has 3 nitrogen and oxygen atoms in total. The minimum atomic E-state index is 0.330. The first-order valence-electron chi connectivity index (χ1n) is 20.6. The topological polar surface area (TPSA) is 38.7 Å². The predicted molar refractivity (Wildman–Crippen MR) is 249 cm³/mol. The average Bonchev–Trinajstić information content (AvgIpc) is 3.76. The number of rotatable bonds is 8. The summed E-state index contributed by atoms with van der Waals surface area (Å²) < 4.78 is 5.30. The Morgan fingerprint density at radius 2 is 1.25 bits per heavy atom. The summed E-state index contributed by atoms with van der Waals surface area (Å²) >= 11 is 3.76. The van der Waals surface area contributed by atoms with Gasteiger partial charge in [-0.3, -0.25) is 0 Å². The van der Waals surface area contributed by atoms with Crippen LogP contribution in [0.4, 0.5) is 0 Å². The van der Waals surface area contributed by atoms with Gasteiger partial charge in [-0.05, 0) is 91.1 Å². The van der Waals surface area contributed by atoms with Crippen molar-refractivity contribution in [3.8, 4) is 22.8 Å². The van der Waals surface area contributed by atoms with Gasteiger partial charge in [0.1, 0.15) is 0 Å². The molecule has 2 aliphatic rings. The summed E-state index contributed by atoms with van der Waals surface area (Å²) in [4.78, 5) is 15.8. The second-order valence-electron chi connectivity index (χ2n) is 15.8. The molecule has 9 aromatic rings. The molecule has 0 N–H and O–H groups in total. The van der Waals surface area contributed by atoms with E-state index in [4.69, 9.17) is 15.0 Å². The second kappa shape index (κ2) is 15.5. The monoisotopic (exact) mass is 795 g/mol. The van der Waals surface area contributed by atoms with Crippen molar-refractivity contribution in [3.63, 3.8) is 0 Å². The Kier molecular flexibility index (Phi) is 9.41. The Bertz CT molecular complexity index is 3230. The largest absolute Gasteiger partial charge is 0.208 e. The second-order valence-corrected chi connectivity index (χ2v) is 18.0. The van der Waals surface area contributed by atoms with Crippen molar-refractivity contribution >= 4 is 64.6 Å². The number of benzene rings is 6. The number of fused-ring (bicyclic) bond motifs is 6. The molecule has 6 aromatic carbocycles. The van der Waals surface area contributed by atoms with Gasteiger partial charge in [-0.2, -0.15) is 0 Å². The quantitative estimate of drug-likeness (QED) is 0.144. The molecule has 1 atom stereocenters. The molecule has 3 aromatic heterocycles. The number of aromatic nitrogens is 3. The summed E-state index contributed by atoms with van der Waals surface area (Å²) in [6.07, 6.45) is 15.3. The SMILES string of the molecule is C1=CCC(c2ccc3sc4c(c3c2)=C(c2nc(-c3ccccc3)nc(-c3cccc(Cc5ccc6c(c5)sc5ccccc56)c3)n2)CCC=4)C=C(Cc2ccccc2)C1. The molecule has 0 saturated carbocycles. The minimum absolute atomic E-state index is 0.330. The first-order valence-corrected chi connectivity index (χ1v) is 22.3. The van der Waals surface area contributed by atoms with E-state index in [-0.39, 0.29) is 0 Å². The van der Waals surface area contributed by atoms with Gasteiger partial charge < -0.3 is 0 Å². The minimum Gasteiger partial charge on any atom is -0.208 e. The molecule has 1 unspecified atom stereocenters. The van der Waals surface area contributed by atoms with E-state index in [2.05, 4.69) is 164 Å². The van der Waals surface area contributed by atoms with Crippen LogP contribution in [0.15, 0.2) is 169 Å². The molecule has 11 rings (SSSR count). The summed E-state index contributed by atoms with van der Waals surface area (Å²) in [5, 5.41) is 5.26. The molecular formula is C54H41N3S2. The molecule has 0 saturated heterocycles. The fraction of sp³-hybridized carbons (Fsp3) is 0.130. The smallest absolute Gasteiger partial charge is 0.164 e. The van der Waals surface area contributed by atoms with E-state index in [1.807, 2.05) is 28.7 Å². The summed E-state index contributed by atoms with van der Waals surface area (Å²) in [7, 11) is 0. The van der Waals surface area contributed by atoms with Crippen LogP contribution in [0.2, 0.25) is 0 Å². The maximum absolute atomic E-state index is 5.34. The molecule has 0 radical (unpaired) electrons. The Hall–Kier alpha value is -6.27. The zero-order valence-electron chi connectivity index (χ0n) is 32.6. The molecule has 0 aliphatic heterocycles. The number of allylic oxidation sites excluding steroid dienone is 4. The number of nitrogens with zero attached hydrogens (tertiary/aromatic N) is 3. The van der Waals surface area contributed by atoms with Crippen LogP contribution in [0.3, 0.4) is 0 Å². The van der Waals surface area contributed by atoms with Gasteiger partial charge in [0.15, 0.2) is 17.5 Å². The highest BCUT2D eigenvalue weighted by molar-refractivity contribution is 7.25. The molecule has 0 amide bonds. The Balaban J connectivity index is 0.998. The van der Waals surface area contributed by atoms with E-state index in [0.29, 0.717) is 17.6 Å². The van der Waals surface area contributed by atoms with Gasteiger partial charge in [0, 0.05) is 62.6 Å². The van der Waals surface area contributed by atoms with E-state index in [0.717, 1.165) is 55.5 Å². The molecule has 2 aliphatic carbocycles. The van der Waals surface area contributed by atoms with Crippen molar-refractivity contribution in [1.82, 2.24) is 15.0 Å². The van der Waals surface area contributed by atoms with E-state index in [9.17, 15) is 0 Å². The van der Waals surface area contributed by atoms with Crippen molar-refractivity contribution < 1.29 is 0 Å². The van der Waals surface area contributed by atoms with Crippen molar-refractivity contribution in [1.29, 1.82) is 0 Å². The summed E-state index contributed by atoms with van der Waals surface area (Å²) in [6, 6.07) is 52.8. The summed E-state index contributed by atoms with van der Waals surface area (Å²) in [5.74, 6) is 2.52. The van der Waals surface area contributed by atoms with E-state index < -0.39 is 0 Å². The van der Waals surface area contributed by atoms with E-state index in [1.165, 1.54) is 73.4 Å². The highest BCUT2D eigenvalue weighted by atomic mass is 32.1. The number of thiophene rings is 2. The molecular weight excluding hydrogens is 755 g/mol. The lowest BCUT2D eigenvalue weighted by atomic mass is 9.91. The van der Waals surface area contributed by atoms with Gasteiger partial charge >= 0.3 is 0 Å². The molecule has 284 valence electrons. The zero-order chi connectivity index (χ0) is 39.1. The van der Waals surface area contributed by atoms with Crippen LogP contribution in [-0.2, 0) is 12.8 Å². The lowest BCUT2D eigenvalue weighted by Gasteiger charge is -2.14. The van der Waals surface area contributed by atoms with Crippen LogP contribution in [0.1, 0.15) is 59.7 Å². The van der Waals surface area contributed by atoms with Crippen LogP contribution in [0.5, 0.6) is 0 Å². The summed E-state index contributed by atoms with van der Waals surface area (Å²) in [5.41, 5.74) is 9.96. The molecule has 0 bridgehead atoms. The fourth-order valence-corrected chi connectivity index (χ4v) is 11.3. The first kappa shape index (κ1) is 35.9. The zero-order valence-corrected chi connectivity index (χ0v) is 34.3. The van der Waals surface area contributed by atoms with Crippen molar-refractivity contribution in [2.45, 2.75) is 44.4 Å². The van der Waals surface area contributed by atoms with Crippen LogP contribution in [-0.4, -0.2) is 15.0 Å². The van der Waals surface area contributed by atoms with E-state index >= 15 is 0 Å². The Morgan fingerprint density at radius 3 is 2.15 bits per heavy atom. The number of hydrogen-bond acceptors (Lipinski definition) is 5. The lowest BCUT2D eigenvalue weighted by molar-refractivity contribution is 0.858. The van der Waals surface area contributed by atoms with Crippen molar-refractivity contribution in [2.75, 3.05) is 0 Å². The van der Waals surface area contributed by atoms with Gasteiger partial charge in [-0.25, -0.2) is 15.0 Å². The normalized spacial score (nSPS) is 15.3. The predicted octanol–water partition coefficient (Wildman–Crippen LogP) is 12.8. The van der Waals surface area contributed by atoms with Crippen molar-refractivity contribution in [2.24, 2.45) is 0 Å². The summed E-state index contributed by atoms with van der Waals surface area (Å²) in [6.45, 7) is 0. The van der Waals surface area contributed by atoms with Crippen LogP contribution < -0.4 is 9.75 Å². The lowest BCUT2D eigenvalue weighted by Crippen LogP contribution is -2.26. The van der Waals surface area contributed by atoms with Gasteiger partial charge in [0.05, 0.1) is 0 Å². The maximum Gasteiger partial charge on any atom is 0.164 e. The molecule has 59 heavy (non-hydrogen) atoms. The highest BCUT2D eigenvalue weighted by Crippen LogP contribution is 2.35. The van der Waals surface area contributed by atoms with Gasteiger partial charge in [0.25, 0.3) is 0 Å². The maximum atomic E-state index is 5.34. The van der Waals surface area contributed by atoms with Gasteiger partial charge in [-0.15, -0.1) is 22.7 Å². The third-order valence-corrected chi connectivity index (χ3v) is 14.1. The van der Waals surface area contributed by atoms with Crippen LogP contribution in [0, 0.1) is 0 Å². The highest BCUT2D eigenvalue weighted by Gasteiger charge is 2.20. The standard InChI is InChI=1S/C54H41N3S2/c1-3-13-35(14-4-1)29-36-15-7-8-19-40(31-36)41-26-28-48-46(34-41)51-45(22-12-24-49(51)58-48)54-56-52(39-17-5-2-6-18-39)55-53(57-54)42-20-11-16-37(32-42)30-38-25-27-44-43-21-9-10-23-47(43)59-50(44)33-38/h1-11,13-14,16-18,20-21,23-28,31-34,40H,12,15,19,22,29-30H2. The van der Waals surface area contributed by atoms with Crippen molar-refractivity contribution in [3.05, 3.63) is 207 Å². The number of hydrogen-bond donors (Lipinski definition) is 0. The first-order chi connectivity index (χ1) is 29.2. The van der Waals surface area contributed by atoms with Crippen LogP contribution >= 0.6 is 22.7 Å². The Morgan fingerprint density at radius 1 is 0.525 bits per heavy atom. The molecule has 3 heterocycles. The molecule has 0 spiro atoms. The van der Waals surface area contributed by atoms with Crippen LogP contribution in [0.25, 0.3) is 64.7 Å². The Labute approximate surface area is 352 Å². The van der Waals surface area contributed by atoms with Gasteiger partial charge in [0.2, 0.25) is 0 Å². The third-order valence-electron chi connectivity index (χ3n) is 11.8. The molecule has 5 heteroatoms.